The molecule has 1 heterocycles. The number of aliphatic hydroxyl groups excluding tert-OH is 1. The number of ether oxygens (including phenoxy) is 1. The molecule has 1 aromatic rings. The summed E-state index contributed by atoms with van der Waals surface area (Å²) in [6, 6.07) is 8.33. The van der Waals surface area contributed by atoms with Crippen LogP contribution in [0.4, 0.5) is 0 Å². The van der Waals surface area contributed by atoms with Gasteiger partial charge in [-0.1, -0.05) is 24.3 Å². The van der Waals surface area contributed by atoms with Gasteiger partial charge in [-0.25, -0.2) is 0 Å². The quantitative estimate of drug-likeness (QED) is 0.858. The smallest absolute Gasteiger partial charge is 0.312 e. The van der Waals surface area contributed by atoms with E-state index in [4.69, 9.17) is 4.74 Å². The maximum atomic E-state index is 11.9. The van der Waals surface area contributed by atoms with Crippen LogP contribution in [-0.4, -0.2) is 48.3 Å². The van der Waals surface area contributed by atoms with E-state index in [1.54, 1.807) is 6.92 Å². The molecule has 0 radical (unpaired) electrons. The fourth-order valence-electron chi connectivity index (χ4n) is 3.11. The number of benzene rings is 1. The van der Waals surface area contributed by atoms with Crippen molar-refractivity contribution in [3.63, 3.8) is 0 Å². The van der Waals surface area contributed by atoms with Crippen LogP contribution in [0, 0.1) is 5.92 Å². The second kappa shape index (κ2) is 6.00. The molecule has 21 heavy (non-hydrogen) atoms. The van der Waals surface area contributed by atoms with Gasteiger partial charge >= 0.3 is 5.97 Å². The van der Waals surface area contributed by atoms with Crippen molar-refractivity contribution in [2.75, 3.05) is 26.2 Å². The van der Waals surface area contributed by atoms with Crippen molar-refractivity contribution in [3.05, 3.63) is 35.4 Å². The number of carbonyl (C=O) groups excluding carboxylic acids is 1. The largest absolute Gasteiger partial charge is 0.466 e. The molecule has 4 nitrogen and oxygen atoms in total. The number of fused-ring (bicyclic) bond motifs is 1. The summed E-state index contributed by atoms with van der Waals surface area (Å²) < 4.78 is 5.06. The lowest BCUT2D eigenvalue weighted by Gasteiger charge is -2.36. The Hall–Kier alpha value is -1.65. The lowest BCUT2D eigenvalue weighted by molar-refractivity contribution is -0.155. The zero-order valence-corrected chi connectivity index (χ0v) is 12.3. The average molecular weight is 287 g/mol. The fourth-order valence-corrected chi connectivity index (χ4v) is 3.11. The van der Waals surface area contributed by atoms with Crippen molar-refractivity contribution in [2.24, 2.45) is 5.92 Å². The molecule has 1 fully saturated rings. The first-order chi connectivity index (χ1) is 10.2. The Bertz CT molecular complexity index is 567. The summed E-state index contributed by atoms with van der Waals surface area (Å²) >= 11 is 0. The topological polar surface area (TPSA) is 49.8 Å². The Labute approximate surface area is 125 Å². The summed E-state index contributed by atoms with van der Waals surface area (Å²) in [7, 11) is 0. The molecular formula is C17H21NO3. The first-order valence-electron chi connectivity index (χ1n) is 7.56. The predicted molar refractivity (Wildman–Crippen MR) is 81.5 cm³/mol. The molecule has 4 heteroatoms. The van der Waals surface area contributed by atoms with Gasteiger partial charge in [-0.15, -0.1) is 0 Å². The standard InChI is InChI=1S/C17H21NO3/c1-2-21-17(20)15-11-18(8-7-16(15)19)10-13-9-12-5-3-4-6-14(12)13/h3-6,9,15-16,19H,2,7-8,10-11H2,1H3. The number of likely N-dealkylation sites (tertiary alicyclic amines) is 1. The first-order valence-corrected chi connectivity index (χ1v) is 7.56. The van der Waals surface area contributed by atoms with Crippen molar-refractivity contribution in [3.8, 4) is 0 Å². The molecule has 0 amide bonds. The maximum absolute atomic E-state index is 11.9. The summed E-state index contributed by atoms with van der Waals surface area (Å²) in [6.07, 6.45) is 2.24. The minimum Gasteiger partial charge on any atom is -0.466 e. The normalized spacial score (nSPS) is 24.8. The van der Waals surface area contributed by atoms with Crippen molar-refractivity contribution < 1.29 is 14.6 Å². The molecular weight excluding hydrogens is 266 g/mol. The zero-order chi connectivity index (χ0) is 14.8. The number of esters is 1. The van der Waals surface area contributed by atoms with Crippen LogP contribution < -0.4 is 0 Å². The summed E-state index contributed by atoms with van der Waals surface area (Å²) in [5, 5.41) is 10.0. The van der Waals surface area contributed by atoms with Crippen LogP contribution in [0.25, 0.3) is 11.6 Å². The molecule has 1 aliphatic heterocycles. The van der Waals surface area contributed by atoms with E-state index in [9.17, 15) is 9.90 Å². The SMILES string of the molecule is CCOC(=O)C1CN(CC2=Cc3ccccc32)CCC1O. The highest BCUT2D eigenvalue weighted by molar-refractivity contribution is 5.96. The molecule has 2 aliphatic rings. The van der Waals surface area contributed by atoms with E-state index in [-0.39, 0.29) is 5.97 Å². The summed E-state index contributed by atoms with van der Waals surface area (Å²) in [5.74, 6) is -0.702. The Morgan fingerprint density at radius 1 is 1.43 bits per heavy atom. The van der Waals surface area contributed by atoms with Gasteiger partial charge in [0.2, 0.25) is 0 Å². The van der Waals surface area contributed by atoms with E-state index < -0.39 is 12.0 Å². The Morgan fingerprint density at radius 3 is 3.00 bits per heavy atom. The molecule has 1 aromatic carbocycles. The minimum atomic E-state index is -0.581. The van der Waals surface area contributed by atoms with Crippen LogP contribution in [0.3, 0.4) is 0 Å². The minimum absolute atomic E-state index is 0.280. The van der Waals surface area contributed by atoms with Gasteiger partial charge in [0.25, 0.3) is 0 Å². The number of hydrogen-bond acceptors (Lipinski definition) is 4. The van der Waals surface area contributed by atoms with Crippen LogP contribution in [0.2, 0.25) is 0 Å². The molecule has 2 atom stereocenters. The summed E-state index contributed by atoms with van der Waals surface area (Å²) in [4.78, 5) is 14.1. The van der Waals surface area contributed by atoms with Gasteiger partial charge in [-0.2, -0.15) is 0 Å². The molecule has 112 valence electrons. The molecule has 3 rings (SSSR count). The lowest BCUT2D eigenvalue weighted by atomic mass is 9.87. The van der Waals surface area contributed by atoms with Crippen molar-refractivity contribution >= 4 is 17.6 Å². The molecule has 1 aliphatic carbocycles. The molecule has 0 spiro atoms. The van der Waals surface area contributed by atoms with Crippen LogP contribution in [0.5, 0.6) is 0 Å². The highest BCUT2D eigenvalue weighted by atomic mass is 16.5. The second-order valence-electron chi connectivity index (χ2n) is 5.71. The number of hydrogen-bond donors (Lipinski definition) is 1. The predicted octanol–water partition coefficient (Wildman–Crippen LogP) is 1.79. The monoisotopic (exact) mass is 287 g/mol. The van der Waals surface area contributed by atoms with Gasteiger partial charge in [-0.05, 0) is 36.1 Å². The lowest BCUT2D eigenvalue weighted by Crippen LogP contribution is -2.47. The van der Waals surface area contributed by atoms with E-state index in [0.717, 1.165) is 13.1 Å². The Kier molecular flexibility index (Phi) is 4.08. The number of aliphatic hydroxyl groups is 1. The second-order valence-corrected chi connectivity index (χ2v) is 5.71. The molecule has 0 saturated carbocycles. The van der Waals surface area contributed by atoms with Gasteiger partial charge in [0.1, 0.15) is 0 Å². The third-order valence-corrected chi connectivity index (χ3v) is 4.28. The fraction of sp³-hybridized carbons (Fsp3) is 0.471. The van der Waals surface area contributed by atoms with Crippen molar-refractivity contribution in [1.29, 1.82) is 0 Å². The third kappa shape index (κ3) is 2.87. The van der Waals surface area contributed by atoms with E-state index >= 15 is 0 Å². The van der Waals surface area contributed by atoms with Crippen LogP contribution in [0.15, 0.2) is 24.3 Å². The molecule has 0 bridgehead atoms. The van der Waals surface area contributed by atoms with E-state index in [1.807, 2.05) is 12.1 Å². The van der Waals surface area contributed by atoms with Gasteiger partial charge in [0, 0.05) is 19.6 Å². The van der Waals surface area contributed by atoms with E-state index in [1.165, 1.54) is 16.7 Å². The van der Waals surface area contributed by atoms with E-state index in [2.05, 4.69) is 23.1 Å². The zero-order valence-electron chi connectivity index (χ0n) is 12.3. The van der Waals surface area contributed by atoms with Crippen molar-refractivity contribution in [2.45, 2.75) is 19.4 Å². The molecule has 1 saturated heterocycles. The number of rotatable bonds is 4. The van der Waals surface area contributed by atoms with Gasteiger partial charge in [0.05, 0.1) is 18.6 Å². The third-order valence-electron chi connectivity index (χ3n) is 4.28. The van der Waals surface area contributed by atoms with Gasteiger partial charge < -0.3 is 9.84 Å². The molecule has 1 N–H and O–H groups in total. The number of piperidine rings is 1. The van der Waals surface area contributed by atoms with Crippen molar-refractivity contribution in [1.82, 2.24) is 4.90 Å². The van der Waals surface area contributed by atoms with E-state index in [0.29, 0.717) is 19.6 Å². The number of nitrogens with zero attached hydrogens (tertiary/aromatic N) is 1. The Balaban J connectivity index is 1.61. The Morgan fingerprint density at radius 2 is 2.24 bits per heavy atom. The number of carbonyl (C=O) groups is 1. The first kappa shape index (κ1) is 14.3. The molecule has 0 aromatic heterocycles. The van der Waals surface area contributed by atoms with Crippen LogP contribution in [-0.2, 0) is 9.53 Å². The summed E-state index contributed by atoms with van der Waals surface area (Å²) in [5.41, 5.74) is 3.90. The summed E-state index contributed by atoms with van der Waals surface area (Å²) in [6.45, 7) is 4.37. The van der Waals surface area contributed by atoms with Gasteiger partial charge in [-0.3, -0.25) is 9.69 Å². The molecule has 2 unspecified atom stereocenters. The highest BCUT2D eigenvalue weighted by Gasteiger charge is 2.34. The van der Waals surface area contributed by atoms with Crippen LogP contribution >= 0.6 is 0 Å². The average Bonchev–Trinajstić information content (AvgIpc) is 2.46. The highest BCUT2D eigenvalue weighted by Crippen LogP contribution is 2.33. The maximum Gasteiger partial charge on any atom is 0.312 e. The van der Waals surface area contributed by atoms with Gasteiger partial charge in [0.15, 0.2) is 0 Å². The van der Waals surface area contributed by atoms with Crippen LogP contribution in [0.1, 0.15) is 24.5 Å².